The topological polar surface area (TPSA) is 58.2 Å². The number of hydrogen-bond donors (Lipinski definition) is 2. The first-order valence-electron chi connectivity index (χ1n) is 6.58. The second kappa shape index (κ2) is 11.3. The first kappa shape index (κ1) is 17.2. The van der Waals surface area contributed by atoms with Crippen molar-refractivity contribution in [2.45, 2.75) is 45.6 Å². The predicted molar refractivity (Wildman–Crippen MR) is 78.4 cm³/mol. The lowest BCUT2D eigenvalue weighted by molar-refractivity contribution is -0.110. The number of hydrogen-bond acceptors (Lipinski definition) is 2. The van der Waals surface area contributed by atoms with Gasteiger partial charge in [-0.15, -0.1) is 0 Å². The van der Waals surface area contributed by atoms with Gasteiger partial charge in [0.1, 0.15) is 0 Å². The minimum atomic E-state index is -0.132. The molecule has 0 aliphatic carbocycles. The van der Waals surface area contributed by atoms with E-state index in [-0.39, 0.29) is 6.04 Å². The number of nitrogens with one attached hydrogen (secondary N) is 2. The minimum Gasteiger partial charge on any atom is -0.353 e. The number of carbonyl (C=O) groups excluding carboxylic acids is 2. The van der Waals surface area contributed by atoms with E-state index in [1.165, 1.54) is 5.57 Å². The van der Waals surface area contributed by atoms with Crippen LogP contribution in [0.15, 0.2) is 36.1 Å². The van der Waals surface area contributed by atoms with E-state index >= 15 is 0 Å². The molecule has 4 heteroatoms. The van der Waals surface area contributed by atoms with Crippen molar-refractivity contribution in [3.8, 4) is 0 Å². The van der Waals surface area contributed by atoms with Crippen LogP contribution < -0.4 is 10.6 Å². The Bertz CT molecular complexity index is 346. The molecule has 0 aromatic carbocycles. The second-order valence-electron chi connectivity index (χ2n) is 4.42. The Morgan fingerprint density at radius 3 is 2.63 bits per heavy atom. The molecular weight excluding hydrogens is 240 g/mol. The van der Waals surface area contributed by atoms with Gasteiger partial charge < -0.3 is 10.6 Å². The summed E-state index contributed by atoms with van der Waals surface area (Å²) in [5.41, 5.74) is 1.85. The Hall–Kier alpha value is -1.84. The summed E-state index contributed by atoms with van der Waals surface area (Å²) >= 11 is 0. The first-order chi connectivity index (χ1) is 9.13. The average molecular weight is 264 g/mol. The van der Waals surface area contributed by atoms with Gasteiger partial charge in [-0.2, -0.15) is 0 Å². The molecule has 106 valence electrons. The van der Waals surface area contributed by atoms with E-state index in [1.54, 1.807) is 6.08 Å². The molecule has 0 saturated heterocycles. The van der Waals surface area contributed by atoms with Crippen molar-refractivity contribution in [2.75, 3.05) is 0 Å². The summed E-state index contributed by atoms with van der Waals surface area (Å²) in [7, 11) is 0. The fourth-order valence-corrected chi connectivity index (χ4v) is 1.53. The Balaban J connectivity index is 4.36. The van der Waals surface area contributed by atoms with E-state index in [4.69, 9.17) is 0 Å². The Kier molecular flexibility index (Phi) is 10.2. The van der Waals surface area contributed by atoms with Gasteiger partial charge in [-0.1, -0.05) is 31.6 Å². The molecule has 1 atom stereocenters. The maximum absolute atomic E-state index is 10.5. The van der Waals surface area contributed by atoms with Crippen LogP contribution in [-0.4, -0.2) is 18.9 Å². The summed E-state index contributed by atoms with van der Waals surface area (Å²) < 4.78 is 0. The molecule has 0 aliphatic rings. The largest absolute Gasteiger partial charge is 0.353 e. The summed E-state index contributed by atoms with van der Waals surface area (Å²) in [6.07, 6.45) is 11.0. The van der Waals surface area contributed by atoms with Gasteiger partial charge >= 0.3 is 0 Å². The van der Waals surface area contributed by atoms with Crippen LogP contribution in [0.2, 0.25) is 0 Å². The molecule has 0 aromatic heterocycles. The summed E-state index contributed by atoms with van der Waals surface area (Å²) in [6.45, 7) is 7.99. The number of unbranched alkanes of at least 4 members (excludes halogenated alkanes) is 1. The van der Waals surface area contributed by atoms with Crippen LogP contribution in [0.25, 0.3) is 0 Å². The number of rotatable bonds is 11. The normalized spacial score (nSPS) is 13.1. The molecule has 1 unspecified atom stereocenters. The average Bonchev–Trinajstić information content (AvgIpc) is 2.36. The lowest BCUT2D eigenvalue weighted by atomic mass is 10.1. The maximum Gasteiger partial charge on any atom is 0.211 e. The molecule has 0 spiro atoms. The van der Waals surface area contributed by atoms with Gasteiger partial charge in [-0.3, -0.25) is 9.59 Å². The number of allylic oxidation sites excluding steroid dienone is 3. The third-order valence-corrected chi connectivity index (χ3v) is 2.57. The molecule has 0 heterocycles. The van der Waals surface area contributed by atoms with Crippen LogP contribution in [0.4, 0.5) is 0 Å². The van der Waals surface area contributed by atoms with Crippen molar-refractivity contribution < 1.29 is 9.59 Å². The molecule has 0 aromatic rings. The molecule has 19 heavy (non-hydrogen) atoms. The van der Waals surface area contributed by atoms with Gasteiger partial charge in [-0.05, 0) is 38.3 Å². The van der Waals surface area contributed by atoms with Gasteiger partial charge in [0.25, 0.3) is 0 Å². The summed E-state index contributed by atoms with van der Waals surface area (Å²) in [5.74, 6) is 0. The number of amides is 2. The molecule has 0 saturated carbocycles. The van der Waals surface area contributed by atoms with E-state index in [0.29, 0.717) is 18.5 Å². The molecule has 2 amide bonds. The molecule has 0 radical (unpaired) electrons. The molecule has 0 fully saturated rings. The zero-order valence-electron chi connectivity index (χ0n) is 11.8. The van der Waals surface area contributed by atoms with Crippen molar-refractivity contribution in [2.24, 2.45) is 0 Å². The quantitative estimate of drug-likeness (QED) is 0.342. The second-order valence-corrected chi connectivity index (χ2v) is 4.42. The molecule has 2 N–H and O–H groups in total. The van der Waals surface area contributed by atoms with Crippen LogP contribution >= 0.6 is 0 Å². The zero-order valence-corrected chi connectivity index (χ0v) is 11.8. The summed E-state index contributed by atoms with van der Waals surface area (Å²) in [6, 6.07) is -0.132. The minimum absolute atomic E-state index is 0.132. The van der Waals surface area contributed by atoms with Crippen LogP contribution in [0.1, 0.15) is 39.5 Å². The van der Waals surface area contributed by atoms with E-state index in [2.05, 4.69) is 24.1 Å². The van der Waals surface area contributed by atoms with Crippen LogP contribution in [0.3, 0.4) is 0 Å². The Morgan fingerprint density at radius 2 is 2.05 bits per heavy atom. The predicted octanol–water partition coefficient (Wildman–Crippen LogP) is 2.44. The van der Waals surface area contributed by atoms with E-state index in [1.807, 2.05) is 19.1 Å². The fraction of sp³-hybridized carbons (Fsp3) is 0.467. The number of carbonyl (C=O) groups is 2. The van der Waals surface area contributed by atoms with Gasteiger partial charge in [0.05, 0.1) is 0 Å². The molecule has 0 bridgehead atoms. The SMILES string of the molecule is C=C(C/C=C\C(=C/C(C)NC=O)NC=O)CCCC. The highest BCUT2D eigenvalue weighted by atomic mass is 16.1. The van der Waals surface area contributed by atoms with Crippen molar-refractivity contribution in [3.63, 3.8) is 0 Å². The third-order valence-electron chi connectivity index (χ3n) is 2.57. The summed E-state index contributed by atoms with van der Waals surface area (Å²) in [4.78, 5) is 20.8. The molecule has 4 nitrogen and oxygen atoms in total. The van der Waals surface area contributed by atoms with Gasteiger partial charge in [-0.25, -0.2) is 0 Å². The Morgan fingerprint density at radius 1 is 1.32 bits per heavy atom. The van der Waals surface area contributed by atoms with Crippen LogP contribution in [0, 0.1) is 0 Å². The van der Waals surface area contributed by atoms with Crippen molar-refractivity contribution in [1.29, 1.82) is 0 Å². The van der Waals surface area contributed by atoms with Gasteiger partial charge in [0.15, 0.2) is 0 Å². The molecule has 0 aliphatic heterocycles. The first-order valence-corrected chi connectivity index (χ1v) is 6.58. The van der Waals surface area contributed by atoms with Gasteiger partial charge in [0, 0.05) is 11.7 Å². The fourth-order valence-electron chi connectivity index (χ4n) is 1.53. The van der Waals surface area contributed by atoms with Crippen molar-refractivity contribution in [3.05, 3.63) is 36.1 Å². The highest BCUT2D eigenvalue weighted by Gasteiger charge is 1.97. The molecule has 0 rings (SSSR count). The monoisotopic (exact) mass is 264 g/mol. The molecular formula is C15H24N2O2. The van der Waals surface area contributed by atoms with Gasteiger partial charge in [0.2, 0.25) is 12.8 Å². The van der Waals surface area contributed by atoms with Crippen LogP contribution in [-0.2, 0) is 9.59 Å². The highest BCUT2D eigenvalue weighted by molar-refractivity contribution is 5.52. The zero-order chi connectivity index (χ0) is 14.5. The lowest BCUT2D eigenvalue weighted by Crippen LogP contribution is -2.24. The standard InChI is InChI=1S/C15H24N2O2/c1-4-5-7-13(2)8-6-9-15(17-12-19)10-14(3)16-11-18/h6,9-12,14H,2,4-5,7-8H2,1,3H3,(H,16,18)(H,17,19)/b9-6-,15-10+. The van der Waals surface area contributed by atoms with E-state index < -0.39 is 0 Å². The maximum atomic E-state index is 10.5. The van der Waals surface area contributed by atoms with Crippen LogP contribution in [0.5, 0.6) is 0 Å². The Labute approximate surface area is 115 Å². The van der Waals surface area contributed by atoms with Crippen molar-refractivity contribution in [1.82, 2.24) is 10.6 Å². The third kappa shape index (κ3) is 9.83. The lowest BCUT2D eigenvalue weighted by Gasteiger charge is -2.07. The smallest absolute Gasteiger partial charge is 0.211 e. The van der Waals surface area contributed by atoms with Crippen molar-refractivity contribution >= 4 is 12.8 Å². The summed E-state index contributed by atoms with van der Waals surface area (Å²) in [5, 5.41) is 5.19. The van der Waals surface area contributed by atoms with E-state index in [0.717, 1.165) is 25.7 Å². The highest BCUT2D eigenvalue weighted by Crippen LogP contribution is 2.10. The van der Waals surface area contributed by atoms with E-state index in [9.17, 15) is 9.59 Å².